The molecule has 3 heterocycles. The number of amides is 2. The van der Waals surface area contributed by atoms with Gasteiger partial charge in [-0.1, -0.05) is 18.1 Å². The molecule has 0 saturated carbocycles. The fourth-order valence-electron chi connectivity index (χ4n) is 4.07. The molecule has 8 nitrogen and oxygen atoms in total. The predicted octanol–water partition coefficient (Wildman–Crippen LogP) is 2.21. The van der Waals surface area contributed by atoms with E-state index in [-0.39, 0.29) is 24.4 Å². The second-order valence-electron chi connectivity index (χ2n) is 7.59. The summed E-state index contributed by atoms with van der Waals surface area (Å²) in [5.41, 5.74) is 3.28. The molecule has 8 heteroatoms. The van der Waals surface area contributed by atoms with Crippen molar-refractivity contribution >= 4 is 17.5 Å². The normalized spacial score (nSPS) is 19.9. The quantitative estimate of drug-likeness (QED) is 0.835. The minimum atomic E-state index is -0.0899. The Kier molecular flexibility index (Phi) is 5.27. The SMILES string of the molecule is CCC(=O)N1CCN2CC(=O)Nc3cc(-c4c(C)noc4C)ccc3OC[C@H]2C1. The fourth-order valence-corrected chi connectivity index (χ4v) is 4.07. The number of rotatable bonds is 2. The molecule has 2 aliphatic heterocycles. The highest BCUT2D eigenvalue weighted by Crippen LogP contribution is 2.34. The number of hydrogen-bond acceptors (Lipinski definition) is 6. The number of nitrogens with one attached hydrogen (secondary N) is 1. The van der Waals surface area contributed by atoms with Crippen LogP contribution in [0.2, 0.25) is 0 Å². The van der Waals surface area contributed by atoms with E-state index in [1.807, 2.05) is 43.9 Å². The van der Waals surface area contributed by atoms with Crippen molar-refractivity contribution in [3.05, 3.63) is 29.7 Å². The van der Waals surface area contributed by atoms with Crippen molar-refractivity contribution in [2.45, 2.75) is 33.2 Å². The van der Waals surface area contributed by atoms with Crippen LogP contribution in [0.5, 0.6) is 5.75 Å². The summed E-state index contributed by atoms with van der Waals surface area (Å²) in [6.07, 6.45) is 0.487. The summed E-state index contributed by atoms with van der Waals surface area (Å²) in [5.74, 6) is 1.40. The van der Waals surface area contributed by atoms with E-state index in [1.165, 1.54) is 0 Å². The van der Waals surface area contributed by atoms with E-state index in [0.29, 0.717) is 44.1 Å². The van der Waals surface area contributed by atoms with Gasteiger partial charge in [0.15, 0.2) is 0 Å². The predicted molar refractivity (Wildman–Crippen MR) is 108 cm³/mol. The number of piperazine rings is 1. The third kappa shape index (κ3) is 3.85. The average molecular weight is 398 g/mol. The van der Waals surface area contributed by atoms with E-state index < -0.39 is 0 Å². The van der Waals surface area contributed by atoms with Crippen LogP contribution >= 0.6 is 0 Å². The van der Waals surface area contributed by atoms with Gasteiger partial charge in [-0.2, -0.15) is 0 Å². The first-order valence-corrected chi connectivity index (χ1v) is 9.98. The Morgan fingerprint density at radius 3 is 2.86 bits per heavy atom. The highest BCUT2D eigenvalue weighted by molar-refractivity contribution is 5.95. The van der Waals surface area contributed by atoms with Gasteiger partial charge < -0.3 is 19.5 Å². The molecule has 0 radical (unpaired) electrons. The number of carbonyl (C=O) groups is 2. The lowest BCUT2D eigenvalue weighted by Crippen LogP contribution is -2.57. The Balaban J connectivity index is 1.60. The molecule has 1 fully saturated rings. The summed E-state index contributed by atoms with van der Waals surface area (Å²) in [5, 5.41) is 7.00. The summed E-state index contributed by atoms with van der Waals surface area (Å²) in [4.78, 5) is 28.8. The Morgan fingerprint density at radius 2 is 2.14 bits per heavy atom. The minimum absolute atomic E-state index is 0.0156. The molecule has 1 saturated heterocycles. The molecular formula is C21H26N4O4. The van der Waals surface area contributed by atoms with Crippen LogP contribution in [-0.2, 0) is 9.59 Å². The Bertz CT molecular complexity index is 919. The molecule has 1 aromatic carbocycles. The lowest BCUT2D eigenvalue weighted by atomic mass is 10.0. The van der Waals surface area contributed by atoms with Gasteiger partial charge in [-0.15, -0.1) is 0 Å². The van der Waals surface area contributed by atoms with E-state index >= 15 is 0 Å². The third-order valence-electron chi connectivity index (χ3n) is 5.61. The van der Waals surface area contributed by atoms with E-state index in [2.05, 4.69) is 15.4 Å². The van der Waals surface area contributed by atoms with Crippen LogP contribution in [0.25, 0.3) is 11.1 Å². The molecule has 1 atom stereocenters. The van der Waals surface area contributed by atoms with E-state index in [9.17, 15) is 9.59 Å². The number of nitrogens with zero attached hydrogens (tertiary/aromatic N) is 3. The summed E-state index contributed by atoms with van der Waals surface area (Å²) >= 11 is 0. The molecule has 2 aliphatic rings. The fraction of sp³-hybridized carbons (Fsp3) is 0.476. The first-order chi connectivity index (χ1) is 14.0. The number of anilines is 1. The molecule has 0 spiro atoms. The number of carbonyl (C=O) groups excluding carboxylic acids is 2. The number of ether oxygens (including phenoxy) is 1. The van der Waals surface area contributed by atoms with Crippen molar-refractivity contribution in [3.8, 4) is 16.9 Å². The highest BCUT2D eigenvalue weighted by Gasteiger charge is 2.32. The minimum Gasteiger partial charge on any atom is -0.490 e. The first-order valence-electron chi connectivity index (χ1n) is 9.98. The maximum Gasteiger partial charge on any atom is 0.238 e. The summed E-state index contributed by atoms with van der Waals surface area (Å²) in [7, 11) is 0. The first kappa shape index (κ1) is 19.4. The topological polar surface area (TPSA) is 87.9 Å². The summed E-state index contributed by atoms with van der Waals surface area (Å²) in [6, 6.07) is 5.69. The van der Waals surface area contributed by atoms with Crippen molar-refractivity contribution in [3.63, 3.8) is 0 Å². The molecule has 4 rings (SSSR count). The largest absolute Gasteiger partial charge is 0.490 e. The smallest absolute Gasteiger partial charge is 0.238 e. The molecule has 2 amide bonds. The van der Waals surface area contributed by atoms with Crippen molar-refractivity contribution in [1.82, 2.24) is 15.0 Å². The standard InChI is InChI=1S/C21H26N4O4/c1-4-20(27)25-8-7-24-11-19(26)22-17-9-15(21-13(2)23-29-14(21)3)5-6-18(17)28-12-16(24)10-25/h5-6,9,16H,4,7-8,10-12H2,1-3H3,(H,22,26)/t16-/m1/s1. The van der Waals surface area contributed by atoms with Gasteiger partial charge in [0.05, 0.1) is 24.0 Å². The van der Waals surface area contributed by atoms with Crippen molar-refractivity contribution in [2.75, 3.05) is 38.1 Å². The molecule has 2 aromatic rings. The lowest BCUT2D eigenvalue weighted by Gasteiger charge is -2.40. The van der Waals surface area contributed by atoms with Gasteiger partial charge in [-0.05, 0) is 31.5 Å². The number of aromatic nitrogens is 1. The molecule has 0 unspecified atom stereocenters. The number of fused-ring (bicyclic) bond motifs is 2. The molecule has 0 aliphatic carbocycles. The molecular weight excluding hydrogens is 372 g/mol. The molecule has 1 aromatic heterocycles. The monoisotopic (exact) mass is 398 g/mol. The van der Waals surface area contributed by atoms with Crippen LogP contribution in [0.4, 0.5) is 5.69 Å². The van der Waals surface area contributed by atoms with Crippen molar-refractivity contribution in [2.24, 2.45) is 0 Å². The Labute approximate surface area is 169 Å². The zero-order valence-corrected chi connectivity index (χ0v) is 17.0. The Morgan fingerprint density at radius 1 is 1.31 bits per heavy atom. The molecule has 1 N–H and O–H groups in total. The van der Waals surface area contributed by atoms with Crippen LogP contribution < -0.4 is 10.1 Å². The number of benzene rings is 1. The summed E-state index contributed by atoms with van der Waals surface area (Å²) < 4.78 is 11.4. The van der Waals surface area contributed by atoms with Crippen molar-refractivity contribution in [1.29, 1.82) is 0 Å². The second-order valence-corrected chi connectivity index (χ2v) is 7.59. The van der Waals surface area contributed by atoms with Gasteiger partial charge in [-0.25, -0.2) is 0 Å². The maximum atomic E-state index is 12.7. The lowest BCUT2D eigenvalue weighted by molar-refractivity contribution is -0.134. The van der Waals surface area contributed by atoms with Gasteiger partial charge in [0.25, 0.3) is 0 Å². The third-order valence-corrected chi connectivity index (χ3v) is 5.61. The van der Waals surface area contributed by atoms with Crippen LogP contribution in [0.3, 0.4) is 0 Å². The van der Waals surface area contributed by atoms with Crippen LogP contribution in [-0.4, -0.2) is 65.6 Å². The van der Waals surface area contributed by atoms with Gasteiger partial charge >= 0.3 is 0 Å². The summed E-state index contributed by atoms with van der Waals surface area (Å²) in [6.45, 7) is 8.20. The van der Waals surface area contributed by atoms with Gasteiger partial charge in [0.2, 0.25) is 11.8 Å². The highest BCUT2D eigenvalue weighted by atomic mass is 16.5. The van der Waals surface area contributed by atoms with E-state index in [4.69, 9.17) is 9.26 Å². The van der Waals surface area contributed by atoms with Crippen LogP contribution in [0, 0.1) is 13.8 Å². The molecule has 0 bridgehead atoms. The van der Waals surface area contributed by atoms with Gasteiger partial charge in [0.1, 0.15) is 18.1 Å². The van der Waals surface area contributed by atoms with Crippen LogP contribution in [0.1, 0.15) is 24.8 Å². The number of hydrogen-bond donors (Lipinski definition) is 1. The van der Waals surface area contributed by atoms with Gasteiger partial charge in [0, 0.05) is 31.6 Å². The second kappa shape index (κ2) is 7.87. The van der Waals surface area contributed by atoms with E-state index in [0.717, 1.165) is 22.6 Å². The molecule has 29 heavy (non-hydrogen) atoms. The maximum absolute atomic E-state index is 12.7. The van der Waals surface area contributed by atoms with Crippen LogP contribution in [0.15, 0.2) is 22.7 Å². The molecule has 154 valence electrons. The van der Waals surface area contributed by atoms with Gasteiger partial charge in [-0.3, -0.25) is 14.5 Å². The number of aryl methyl sites for hydroxylation is 2. The van der Waals surface area contributed by atoms with E-state index in [1.54, 1.807) is 0 Å². The Hall–Kier alpha value is -2.87. The average Bonchev–Trinajstić information content (AvgIpc) is 3.07. The zero-order chi connectivity index (χ0) is 20.5. The zero-order valence-electron chi connectivity index (χ0n) is 17.0. The van der Waals surface area contributed by atoms with Crippen molar-refractivity contribution < 1.29 is 18.8 Å².